The topological polar surface area (TPSA) is 40.9 Å². The van der Waals surface area contributed by atoms with E-state index < -0.39 is 11.7 Å². The van der Waals surface area contributed by atoms with Gasteiger partial charge in [-0.25, -0.2) is 4.39 Å². The number of carbonyl (C=O) groups excluding carboxylic acids is 1. The lowest BCUT2D eigenvalue weighted by atomic mass is 9.90. The third-order valence-corrected chi connectivity index (χ3v) is 3.53. The molecule has 100 valence electrons. The van der Waals surface area contributed by atoms with E-state index in [9.17, 15) is 14.4 Å². The van der Waals surface area contributed by atoms with Gasteiger partial charge in [-0.3, -0.25) is 4.79 Å². The van der Waals surface area contributed by atoms with Gasteiger partial charge in [0.2, 0.25) is 0 Å². The zero-order valence-corrected chi connectivity index (χ0v) is 12.3. The third kappa shape index (κ3) is 2.94. The van der Waals surface area contributed by atoms with Crippen molar-refractivity contribution >= 4 is 21.7 Å². The lowest BCUT2D eigenvalue weighted by Gasteiger charge is -2.11. The van der Waals surface area contributed by atoms with Crippen molar-refractivity contribution in [3.8, 4) is 6.07 Å². The quantitative estimate of drug-likeness (QED) is 0.783. The van der Waals surface area contributed by atoms with Crippen LogP contribution in [0.5, 0.6) is 0 Å². The summed E-state index contributed by atoms with van der Waals surface area (Å²) in [7, 11) is 0. The van der Waals surface area contributed by atoms with Crippen molar-refractivity contribution in [2.75, 3.05) is 0 Å². The molecule has 0 saturated heterocycles. The molecule has 1 unspecified atom stereocenters. The van der Waals surface area contributed by atoms with E-state index in [1.807, 2.05) is 12.1 Å². The minimum absolute atomic E-state index is 0.247. The van der Waals surface area contributed by atoms with Crippen molar-refractivity contribution in [2.45, 2.75) is 12.8 Å². The molecule has 0 aliphatic heterocycles. The van der Waals surface area contributed by atoms with Crippen molar-refractivity contribution in [2.24, 2.45) is 0 Å². The molecule has 4 heteroatoms. The summed E-state index contributed by atoms with van der Waals surface area (Å²) in [6.45, 7) is 1.72. The van der Waals surface area contributed by atoms with Crippen LogP contribution in [0.1, 0.15) is 27.4 Å². The van der Waals surface area contributed by atoms with Gasteiger partial charge in [-0.05, 0) is 42.3 Å². The first-order valence-electron chi connectivity index (χ1n) is 5.98. The lowest BCUT2D eigenvalue weighted by Crippen LogP contribution is -2.13. The number of Topliss-reactive ketones (excluding diaryl/α,β-unsaturated/α-hetero) is 1. The second-order valence-corrected chi connectivity index (χ2v) is 5.36. The molecule has 0 amide bonds. The number of carbonyl (C=O) groups is 1. The van der Waals surface area contributed by atoms with Crippen LogP contribution in [-0.2, 0) is 0 Å². The maximum atomic E-state index is 13.3. The fraction of sp³-hybridized carbons (Fsp3) is 0.125. The number of nitriles is 1. The molecule has 1 atom stereocenters. The molecular formula is C16H11BrFNO. The van der Waals surface area contributed by atoms with Gasteiger partial charge in [0.25, 0.3) is 0 Å². The molecule has 2 nitrogen and oxygen atoms in total. The second-order valence-electron chi connectivity index (χ2n) is 4.44. The SMILES string of the molecule is Cc1ccc(F)cc1C(=O)C(C#N)c1cccc(Br)c1. The van der Waals surface area contributed by atoms with E-state index in [0.29, 0.717) is 11.1 Å². The molecule has 0 aliphatic rings. The van der Waals surface area contributed by atoms with Gasteiger partial charge in [0.15, 0.2) is 5.78 Å². The molecule has 20 heavy (non-hydrogen) atoms. The molecule has 0 aliphatic carbocycles. The summed E-state index contributed by atoms with van der Waals surface area (Å²) in [5.74, 6) is -1.81. The molecule has 0 heterocycles. The van der Waals surface area contributed by atoms with E-state index in [2.05, 4.69) is 15.9 Å². The maximum Gasteiger partial charge on any atom is 0.184 e. The van der Waals surface area contributed by atoms with Crippen molar-refractivity contribution in [1.29, 1.82) is 5.26 Å². The Hall–Kier alpha value is -1.99. The number of halogens is 2. The molecule has 0 N–H and O–H groups in total. The summed E-state index contributed by atoms with van der Waals surface area (Å²) in [6, 6.07) is 13.0. The predicted molar refractivity (Wildman–Crippen MR) is 78.0 cm³/mol. The predicted octanol–water partition coefficient (Wildman–Crippen LogP) is 4.39. The zero-order valence-electron chi connectivity index (χ0n) is 10.7. The Labute approximate surface area is 125 Å². The highest BCUT2D eigenvalue weighted by atomic mass is 79.9. The molecule has 0 fully saturated rings. The van der Waals surface area contributed by atoms with Crippen LogP contribution >= 0.6 is 15.9 Å². The number of aryl methyl sites for hydroxylation is 1. The van der Waals surface area contributed by atoms with E-state index in [4.69, 9.17) is 0 Å². The minimum Gasteiger partial charge on any atom is -0.292 e. The summed E-state index contributed by atoms with van der Waals surface area (Å²) in [5.41, 5.74) is 1.50. The van der Waals surface area contributed by atoms with Crippen LogP contribution in [0.2, 0.25) is 0 Å². The van der Waals surface area contributed by atoms with E-state index in [1.54, 1.807) is 25.1 Å². The summed E-state index contributed by atoms with van der Waals surface area (Å²) >= 11 is 3.31. The van der Waals surface area contributed by atoms with Crippen LogP contribution in [-0.4, -0.2) is 5.78 Å². The number of rotatable bonds is 3. The number of ketones is 1. The van der Waals surface area contributed by atoms with E-state index in [-0.39, 0.29) is 11.3 Å². The Kier molecular flexibility index (Phi) is 4.31. The minimum atomic E-state index is -0.937. The van der Waals surface area contributed by atoms with Gasteiger partial charge in [0.1, 0.15) is 11.7 Å². The Balaban J connectivity index is 2.45. The number of hydrogen-bond donors (Lipinski definition) is 0. The summed E-state index contributed by atoms with van der Waals surface area (Å²) < 4.78 is 14.1. The smallest absolute Gasteiger partial charge is 0.184 e. The standard InChI is InChI=1S/C16H11BrFNO/c1-10-5-6-13(18)8-14(10)16(20)15(9-19)11-3-2-4-12(17)7-11/h2-8,15H,1H3. The zero-order chi connectivity index (χ0) is 14.7. The lowest BCUT2D eigenvalue weighted by molar-refractivity contribution is 0.0978. The van der Waals surface area contributed by atoms with Crippen LogP contribution in [0.15, 0.2) is 46.9 Å². The molecule has 0 bridgehead atoms. The van der Waals surface area contributed by atoms with Crippen molar-refractivity contribution < 1.29 is 9.18 Å². The van der Waals surface area contributed by atoms with E-state index in [0.717, 1.165) is 4.47 Å². The average Bonchev–Trinajstić information content (AvgIpc) is 2.42. The first kappa shape index (κ1) is 14.4. The van der Waals surface area contributed by atoms with Gasteiger partial charge < -0.3 is 0 Å². The van der Waals surface area contributed by atoms with Crippen molar-refractivity contribution in [3.05, 3.63) is 69.4 Å². The number of hydrogen-bond acceptors (Lipinski definition) is 2. The van der Waals surface area contributed by atoms with Gasteiger partial charge >= 0.3 is 0 Å². The van der Waals surface area contributed by atoms with E-state index in [1.165, 1.54) is 18.2 Å². The molecule has 2 aromatic carbocycles. The first-order valence-corrected chi connectivity index (χ1v) is 6.77. The number of benzene rings is 2. The van der Waals surface area contributed by atoms with Crippen LogP contribution in [0, 0.1) is 24.1 Å². The third-order valence-electron chi connectivity index (χ3n) is 3.04. The molecule has 0 aromatic heterocycles. The monoisotopic (exact) mass is 331 g/mol. The highest BCUT2D eigenvalue weighted by Crippen LogP contribution is 2.25. The average molecular weight is 332 g/mol. The van der Waals surface area contributed by atoms with Gasteiger partial charge in [0, 0.05) is 10.0 Å². The molecule has 2 rings (SSSR count). The molecule has 0 saturated carbocycles. The van der Waals surface area contributed by atoms with Crippen molar-refractivity contribution in [3.63, 3.8) is 0 Å². The van der Waals surface area contributed by atoms with Crippen molar-refractivity contribution in [1.82, 2.24) is 0 Å². The Morgan fingerprint density at radius 2 is 2.05 bits per heavy atom. The van der Waals surface area contributed by atoms with Crippen LogP contribution in [0.4, 0.5) is 4.39 Å². The summed E-state index contributed by atoms with van der Waals surface area (Å²) in [4.78, 5) is 12.5. The Bertz CT molecular complexity index is 706. The summed E-state index contributed by atoms with van der Waals surface area (Å²) in [6.07, 6.45) is 0. The molecule has 2 aromatic rings. The Morgan fingerprint density at radius 3 is 2.70 bits per heavy atom. The normalized spacial score (nSPS) is 11.7. The van der Waals surface area contributed by atoms with Crippen LogP contribution < -0.4 is 0 Å². The first-order chi connectivity index (χ1) is 9.52. The Morgan fingerprint density at radius 1 is 1.30 bits per heavy atom. The second kappa shape index (κ2) is 5.98. The summed E-state index contributed by atoms with van der Waals surface area (Å²) in [5, 5.41) is 9.28. The fourth-order valence-electron chi connectivity index (χ4n) is 1.99. The van der Waals surface area contributed by atoms with Crippen LogP contribution in [0.25, 0.3) is 0 Å². The highest BCUT2D eigenvalue weighted by molar-refractivity contribution is 9.10. The molecule has 0 radical (unpaired) electrons. The maximum absolute atomic E-state index is 13.3. The largest absolute Gasteiger partial charge is 0.292 e. The highest BCUT2D eigenvalue weighted by Gasteiger charge is 2.23. The van der Waals surface area contributed by atoms with Crippen LogP contribution in [0.3, 0.4) is 0 Å². The number of nitrogens with zero attached hydrogens (tertiary/aromatic N) is 1. The van der Waals surface area contributed by atoms with Gasteiger partial charge in [-0.2, -0.15) is 5.26 Å². The fourth-order valence-corrected chi connectivity index (χ4v) is 2.40. The van der Waals surface area contributed by atoms with E-state index >= 15 is 0 Å². The van der Waals surface area contributed by atoms with Gasteiger partial charge in [-0.1, -0.05) is 34.1 Å². The molecular weight excluding hydrogens is 321 g/mol. The molecule has 0 spiro atoms. The van der Waals surface area contributed by atoms with Gasteiger partial charge in [-0.15, -0.1) is 0 Å². The van der Waals surface area contributed by atoms with Gasteiger partial charge in [0.05, 0.1) is 6.07 Å².